The van der Waals surface area contributed by atoms with Gasteiger partial charge in [-0.3, -0.25) is 4.79 Å². The molecule has 4 rings (SSSR count). The third-order valence-electron chi connectivity index (χ3n) is 6.22. The third kappa shape index (κ3) is 5.86. The van der Waals surface area contributed by atoms with Crippen molar-refractivity contribution in [3.05, 3.63) is 71.7 Å². The first-order valence-electron chi connectivity index (χ1n) is 11.7. The van der Waals surface area contributed by atoms with E-state index in [1.54, 1.807) is 23.0 Å². The molecule has 1 aliphatic rings. The number of aromatic nitrogens is 2. The Labute approximate surface area is 195 Å². The van der Waals surface area contributed by atoms with Crippen LogP contribution in [0.15, 0.2) is 54.7 Å². The molecular weight excluding hydrogens is 417 g/mol. The lowest BCUT2D eigenvalue weighted by molar-refractivity contribution is 0.0949. The van der Waals surface area contributed by atoms with Gasteiger partial charge in [-0.15, -0.1) is 0 Å². The molecule has 0 aliphatic carbocycles. The second-order valence-corrected chi connectivity index (χ2v) is 8.56. The number of nitrogens with zero attached hydrogens (tertiary/aromatic N) is 4. The molecule has 1 saturated heterocycles. The first-order chi connectivity index (χ1) is 16.0. The Hall–Kier alpha value is -3.03. The molecule has 0 atom stereocenters. The van der Waals surface area contributed by atoms with Crippen LogP contribution in [0.4, 0.5) is 4.39 Å². The van der Waals surface area contributed by atoms with Crippen molar-refractivity contribution in [2.75, 3.05) is 45.8 Å². The van der Waals surface area contributed by atoms with E-state index in [1.165, 1.54) is 12.1 Å². The lowest BCUT2D eigenvalue weighted by Gasteiger charge is -2.33. The second kappa shape index (κ2) is 10.7. The highest BCUT2D eigenvalue weighted by Crippen LogP contribution is 2.24. The van der Waals surface area contributed by atoms with Gasteiger partial charge < -0.3 is 15.1 Å². The number of piperazine rings is 1. The SMILES string of the molecule is CCN1CCN(CCCNC(=O)c2cn(-c3ccc(F)cc3)nc2-c2ccc(C)cc2)CC1. The lowest BCUT2D eigenvalue weighted by atomic mass is 10.1. The Kier molecular flexibility index (Phi) is 7.52. The van der Waals surface area contributed by atoms with Crippen molar-refractivity contribution in [1.82, 2.24) is 24.9 Å². The molecule has 3 aromatic rings. The Bertz CT molecular complexity index is 1050. The van der Waals surface area contributed by atoms with Gasteiger partial charge >= 0.3 is 0 Å². The van der Waals surface area contributed by atoms with E-state index in [2.05, 4.69) is 27.1 Å². The number of benzene rings is 2. The number of likely N-dealkylation sites (N-methyl/N-ethyl adjacent to an activating group) is 1. The Morgan fingerprint density at radius 2 is 1.67 bits per heavy atom. The molecule has 0 radical (unpaired) electrons. The van der Waals surface area contributed by atoms with Crippen molar-refractivity contribution in [1.29, 1.82) is 0 Å². The van der Waals surface area contributed by atoms with Crippen molar-refractivity contribution in [2.24, 2.45) is 0 Å². The van der Waals surface area contributed by atoms with Crippen LogP contribution in [-0.4, -0.2) is 71.3 Å². The summed E-state index contributed by atoms with van der Waals surface area (Å²) in [5.74, 6) is -0.450. The highest BCUT2D eigenvalue weighted by atomic mass is 19.1. The minimum Gasteiger partial charge on any atom is -0.352 e. The fourth-order valence-electron chi connectivity index (χ4n) is 4.12. The van der Waals surface area contributed by atoms with Gasteiger partial charge in [-0.1, -0.05) is 36.8 Å². The Balaban J connectivity index is 1.44. The minimum absolute atomic E-state index is 0.144. The molecule has 0 bridgehead atoms. The third-order valence-corrected chi connectivity index (χ3v) is 6.22. The zero-order valence-electron chi connectivity index (χ0n) is 19.4. The number of rotatable bonds is 8. The zero-order chi connectivity index (χ0) is 23.2. The Morgan fingerprint density at radius 3 is 2.33 bits per heavy atom. The van der Waals surface area contributed by atoms with Crippen LogP contribution in [0.1, 0.15) is 29.3 Å². The predicted octanol–water partition coefficient (Wildman–Crippen LogP) is 3.74. The monoisotopic (exact) mass is 449 g/mol. The summed E-state index contributed by atoms with van der Waals surface area (Å²) in [5, 5.41) is 7.73. The number of halogens is 1. The summed E-state index contributed by atoms with van der Waals surface area (Å²) in [6, 6.07) is 14.0. The first kappa shape index (κ1) is 23.1. The fraction of sp³-hybridized carbons (Fsp3) is 0.385. The van der Waals surface area contributed by atoms with E-state index >= 15 is 0 Å². The molecule has 6 nitrogen and oxygen atoms in total. The maximum atomic E-state index is 13.4. The maximum absolute atomic E-state index is 13.4. The van der Waals surface area contributed by atoms with Crippen LogP contribution in [0.3, 0.4) is 0 Å². The second-order valence-electron chi connectivity index (χ2n) is 8.56. The van der Waals surface area contributed by atoms with Crippen LogP contribution in [0.2, 0.25) is 0 Å². The molecule has 0 spiro atoms. The standard InChI is InChI=1S/C26H32FN5O/c1-3-30-15-17-31(18-16-30)14-4-13-28-26(33)24-19-32(23-11-9-22(27)10-12-23)29-25(24)21-7-5-20(2)6-8-21/h5-12,19H,3-4,13-18H2,1-2H3,(H,28,33). The molecule has 1 N–H and O–H groups in total. The summed E-state index contributed by atoms with van der Waals surface area (Å²) >= 11 is 0. The molecule has 7 heteroatoms. The molecule has 1 aliphatic heterocycles. The molecule has 2 heterocycles. The predicted molar refractivity (Wildman–Crippen MR) is 129 cm³/mol. The van der Waals surface area contributed by atoms with E-state index in [4.69, 9.17) is 0 Å². The van der Waals surface area contributed by atoms with Crippen molar-refractivity contribution < 1.29 is 9.18 Å². The maximum Gasteiger partial charge on any atom is 0.255 e. The summed E-state index contributed by atoms with van der Waals surface area (Å²) in [7, 11) is 0. The molecular formula is C26H32FN5O. The topological polar surface area (TPSA) is 53.4 Å². The molecule has 174 valence electrons. The van der Waals surface area contributed by atoms with Crippen LogP contribution < -0.4 is 5.32 Å². The van der Waals surface area contributed by atoms with Gasteiger partial charge in [0.1, 0.15) is 11.5 Å². The number of nitrogens with one attached hydrogen (secondary N) is 1. The van der Waals surface area contributed by atoms with Gasteiger partial charge in [-0.05, 0) is 50.7 Å². The van der Waals surface area contributed by atoms with Crippen LogP contribution in [0.25, 0.3) is 16.9 Å². The normalized spacial score (nSPS) is 15.0. The fourth-order valence-corrected chi connectivity index (χ4v) is 4.12. The summed E-state index contributed by atoms with van der Waals surface area (Å²) in [5.41, 5.74) is 3.85. The molecule has 0 saturated carbocycles. The number of amides is 1. The van der Waals surface area contributed by atoms with E-state index in [0.717, 1.165) is 56.8 Å². The van der Waals surface area contributed by atoms with Crippen molar-refractivity contribution in [2.45, 2.75) is 20.3 Å². The van der Waals surface area contributed by atoms with E-state index in [0.29, 0.717) is 23.5 Å². The molecule has 1 aromatic heterocycles. The summed E-state index contributed by atoms with van der Waals surface area (Å²) < 4.78 is 15.0. The number of hydrogen-bond donors (Lipinski definition) is 1. The van der Waals surface area contributed by atoms with E-state index in [9.17, 15) is 9.18 Å². The highest BCUT2D eigenvalue weighted by molar-refractivity contribution is 5.99. The smallest absolute Gasteiger partial charge is 0.255 e. The van der Waals surface area contributed by atoms with Crippen LogP contribution >= 0.6 is 0 Å². The molecule has 0 unspecified atom stereocenters. The van der Waals surface area contributed by atoms with E-state index in [1.807, 2.05) is 31.2 Å². The average Bonchev–Trinajstić information content (AvgIpc) is 3.28. The number of carbonyl (C=O) groups is 1. The van der Waals surface area contributed by atoms with Gasteiger partial charge in [-0.2, -0.15) is 5.10 Å². The summed E-state index contributed by atoms with van der Waals surface area (Å²) in [6.45, 7) is 11.3. The van der Waals surface area contributed by atoms with Gasteiger partial charge in [0.2, 0.25) is 0 Å². The van der Waals surface area contributed by atoms with Gasteiger partial charge in [0.05, 0.1) is 11.3 Å². The lowest BCUT2D eigenvalue weighted by Crippen LogP contribution is -2.46. The van der Waals surface area contributed by atoms with Crippen LogP contribution in [-0.2, 0) is 0 Å². The van der Waals surface area contributed by atoms with Crippen molar-refractivity contribution in [3.8, 4) is 16.9 Å². The molecule has 1 amide bonds. The van der Waals surface area contributed by atoms with Gasteiger partial charge in [0.15, 0.2) is 0 Å². The highest BCUT2D eigenvalue weighted by Gasteiger charge is 2.19. The average molecular weight is 450 g/mol. The van der Waals surface area contributed by atoms with Crippen molar-refractivity contribution in [3.63, 3.8) is 0 Å². The zero-order valence-corrected chi connectivity index (χ0v) is 19.4. The van der Waals surface area contributed by atoms with Gasteiger partial charge in [0.25, 0.3) is 5.91 Å². The largest absolute Gasteiger partial charge is 0.352 e. The van der Waals surface area contributed by atoms with Gasteiger partial charge in [-0.25, -0.2) is 9.07 Å². The first-order valence-corrected chi connectivity index (χ1v) is 11.7. The summed E-state index contributed by atoms with van der Waals surface area (Å²) in [4.78, 5) is 18.0. The van der Waals surface area contributed by atoms with Crippen LogP contribution in [0.5, 0.6) is 0 Å². The molecule has 2 aromatic carbocycles. The van der Waals surface area contributed by atoms with E-state index in [-0.39, 0.29) is 11.7 Å². The van der Waals surface area contributed by atoms with Crippen LogP contribution in [0, 0.1) is 12.7 Å². The van der Waals surface area contributed by atoms with Gasteiger partial charge in [0, 0.05) is 44.5 Å². The number of aryl methyl sites for hydroxylation is 1. The molecule has 1 fully saturated rings. The quantitative estimate of drug-likeness (QED) is 0.533. The van der Waals surface area contributed by atoms with Crippen molar-refractivity contribution >= 4 is 5.91 Å². The number of hydrogen-bond acceptors (Lipinski definition) is 4. The number of carbonyl (C=O) groups excluding carboxylic acids is 1. The summed E-state index contributed by atoms with van der Waals surface area (Å²) in [6.07, 6.45) is 2.63. The Morgan fingerprint density at radius 1 is 1.00 bits per heavy atom. The molecule has 33 heavy (non-hydrogen) atoms. The minimum atomic E-state index is -0.307. The van der Waals surface area contributed by atoms with E-state index < -0.39 is 0 Å².